The molecule has 1 saturated carbocycles. The van der Waals surface area contributed by atoms with Gasteiger partial charge in [-0.15, -0.1) is 0 Å². The molecule has 0 aromatic heterocycles. The smallest absolute Gasteiger partial charge is 0.221 e. The lowest BCUT2D eigenvalue weighted by Crippen LogP contribution is -2.43. The zero-order valence-corrected chi connectivity index (χ0v) is 14.6. The van der Waals surface area contributed by atoms with E-state index in [1.165, 1.54) is 19.3 Å². The molecule has 132 valence electrons. The van der Waals surface area contributed by atoms with Gasteiger partial charge in [-0.3, -0.25) is 9.79 Å². The highest BCUT2D eigenvalue weighted by Gasteiger charge is 2.19. The summed E-state index contributed by atoms with van der Waals surface area (Å²) in [6.07, 6.45) is 7.67. The number of carbonyl (C=O) groups is 1. The zero-order chi connectivity index (χ0) is 16.5. The van der Waals surface area contributed by atoms with Crippen LogP contribution in [0.5, 0.6) is 0 Å². The predicted molar refractivity (Wildman–Crippen MR) is 92.6 cm³/mol. The van der Waals surface area contributed by atoms with Gasteiger partial charge in [0.2, 0.25) is 5.91 Å². The zero-order valence-electron chi connectivity index (χ0n) is 14.6. The summed E-state index contributed by atoms with van der Waals surface area (Å²) in [7, 11) is 3.82. The Kier molecular flexibility index (Phi) is 7.65. The number of hydrogen-bond donors (Lipinski definition) is 2. The number of nitrogens with one attached hydrogen (secondary N) is 2. The number of hydrogen-bond acceptors (Lipinski definition) is 3. The Morgan fingerprint density at radius 2 is 2.04 bits per heavy atom. The van der Waals surface area contributed by atoms with Gasteiger partial charge in [-0.1, -0.05) is 19.3 Å². The van der Waals surface area contributed by atoms with Gasteiger partial charge in [0.1, 0.15) is 0 Å². The number of amides is 1. The molecule has 1 atom stereocenters. The Balaban J connectivity index is 1.63. The standard InChI is InChI=1S/C17H32N4O2/c1-18-17(21(2)12-14-9-11-23-13-14)19-10-8-16(22)20-15-6-4-3-5-7-15/h14-15H,3-13H2,1-2H3,(H,18,19)(H,20,22). The Morgan fingerprint density at radius 3 is 2.70 bits per heavy atom. The molecule has 0 radical (unpaired) electrons. The highest BCUT2D eigenvalue weighted by atomic mass is 16.5. The van der Waals surface area contributed by atoms with Crippen LogP contribution in [0.2, 0.25) is 0 Å². The second kappa shape index (κ2) is 9.75. The van der Waals surface area contributed by atoms with Gasteiger partial charge in [0.15, 0.2) is 5.96 Å². The fourth-order valence-electron chi connectivity index (χ4n) is 3.42. The first-order valence-electron chi connectivity index (χ1n) is 8.98. The van der Waals surface area contributed by atoms with Crippen LogP contribution < -0.4 is 10.6 Å². The molecule has 2 aliphatic rings. The van der Waals surface area contributed by atoms with Gasteiger partial charge in [0, 0.05) is 52.2 Å². The van der Waals surface area contributed by atoms with E-state index in [9.17, 15) is 4.79 Å². The molecule has 1 aliphatic carbocycles. The third kappa shape index (κ3) is 6.37. The maximum absolute atomic E-state index is 12.0. The third-order valence-corrected chi connectivity index (χ3v) is 4.73. The van der Waals surface area contributed by atoms with Gasteiger partial charge in [0.25, 0.3) is 0 Å². The summed E-state index contributed by atoms with van der Waals surface area (Å²) < 4.78 is 5.42. The number of aliphatic imine (C=N–C) groups is 1. The number of carbonyl (C=O) groups excluding carboxylic acids is 1. The lowest BCUT2D eigenvalue weighted by Gasteiger charge is -2.25. The molecular weight excluding hydrogens is 292 g/mol. The molecular formula is C17H32N4O2. The van der Waals surface area contributed by atoms with Crippen LogP contribution in [0.3, 0.4) is 0 Å². The monoisotopic (exact) mass is 324 g/mol. The van der Waals surface area contributed by atoms with Crippen molar-refractivity contribution in [1.82, 2.24) is 15.5 Å². The van der Waals surface area contributed by atoms with Crippen molar-refractivity contribution in [3.05, 3.63) is 0 Å². The summed E-state index contributed by atoms with van der Waals surface area (Å²) in [6, 6.07) is 0.389. The van der Waals surface area contributed by atoms with Crippen LogP contribution >= 0.6 is 0 Å². The van der Waals surface area contributed by atoms with Crippen LogP contribution in [0.1, 0.15) is 44.9 Å². The molecule has 23 heavy (non-hydrogen) atoms. The topological polar surface area (TPSA) is 66.0 Å². The van der Waals surface area contributed by atoms with Gasteiger partial charge in [-0.05, 0) is 19.3 Å². The minimum Gasteiger partial charge on any atom is -0.381 e. The Hall–Kier alpha value is -1.30. The molecule has 1 aliphatic heterocycles. The second-order valence-corrected chi connectivity index (χ2v) is 6.74. The fourth-order valence-corrected chi connectivity index (χ4v) is 3.42. The van der Waals surface area contributed by atoms with Crippen LogP contribution in [0.15, 0.2) is 4.99 Å². The average molecular weight is 324 g/mol. The van der Waals surface area contributed by atoms with Crippen molar-refractivity contribution in [2.24, 2.45) is 10.9 Å². The lowest BCUT2D eigenvalue weighted by atomic mass is 9.95. The molecule has 2 N–H and O–H groups in total. The van der Waals surface area contributed by atoms with Crippen LogP contribution in [0.25, 0.3) is 0 Å². The molecule has 0 spiro atoms. The quantitative estimate of drug-likeness (QED) is 0.572. The van der Waals surface area contributed by atoms with E-state index in [0.29, 0.717) is 24.9 Å². The minimum atomic E-state index is 0.145. The van der Waals surface area contributed by atoms with E-state index in [1.807, 2.05) is 7.05 Å². The SMILES string of the molecule is CN=C(NCCC(=O)NC1CCCCC1)N(C)CC1CCOC1. The normalized spacial score (nSPS) is 22.9. The molecule has 0 aromatic rings. The average Bonchev–Trinajstić information content (AvgIpc) is 3.05. The summed E-state index contributed by atoms with van der Waals surface area (Å²) in [5.41, 5.74) is 0. The maximum Gasteiger partial charge on any atom is 0.221 e. The van der Waals surface area contributed by atoms with E-state index in [0.717, 1.165) is 45.0 Å². The predicted octanol–water partition coefficient (Wildman–Crippen LogP) is 1.37. The summed E-state index contributed by atoms with van der Waals surface area (Å²) in [6.45, 7) is 3.27. The summed E-state index contributed by atoms with van der Waals surface area (Å²) in [4.78, 5) is 18.4. The first-order valence-corrected chi connectivity index (χ1v) is 8.98. The molecule has 2 rings (SSSR count). The minimum absolute atomic E-state index is 0.145. The van der Waals surface area contributed by atoms with Gasteiger partial charge >= 0.3 is 0 Å². The van der Waals surface area contributed by atoms with Crippen LogP contribution in [0, 0.1) is 5.92 Å². The molecule has 1 heterocycles. The van der Waals surface area contributed by atoms with Crippen molar-refractivity contribution >= 4 is 11.9 Å². The van der Waals surface area contributed by atoms with Gasteiger partial charge < -0.3 is 20.3 Å². The van der Waals surface area contributed by atoms with E-state index in [2.05, 4.69) is 20.5 Å². The Labute approximate surface area is 140 Å². The Morgan fingerprint density at radius 1 is 1.26 bits per heavy atom. The van der Waals surface area contributed by atoms with E-state index in [4.69, 9.17) is 4.74 Å². The van der Waals surface area contributed by atoms with Crippen LogP contribution in [0.4, 0.5) is 0 Å². The van der Waals surface area contributed by atoms with Crippen molar-refractivity contribution in [1.29, 1.82) is 0 Å². The van der Waals surface area contributed by atoms with Crippen molar-refractivity contribution in [3.63, 3.8) is 0 Å². The molecule has 0 bridgehead atoms. The van der Waals surface area contributed by atoms with Crippen molar-refractivity contribution in [3.8, 4) is 0 Å². The van der Waals surface area contributed by atoms with Gasteiger partial charge in [0.05, 0.1) is 6.61 Å². The lowest BCUT2D eigenvalue weighted by molar-refractivity contribution is -0.121. The largest absolute Gasteiger partial charge is 0.381 e. The second-order valence-electron chi connectivity index (χ2n) is 6.74. The van der Waals surface area contributed by atoms with Crippen LogP contribution in [-0.2, 0) is 9.53 Å². The molecule has 0 aromatic carbocycles. The molecule has 6 heteroatoms. The highest BCUT2D eigenvalue weighted by molar-refractivity contribution is 5.81. The van der Waals surface area contributed by atoms with E-state index >= 15 is 0 Å². The summed E-state index contributed by atoms with van der Waals surface area (Å²) >= 11 is 0. The molecule has 6 nitrogen and oxygen atoms in total. The molecule has 1 saturated heterocycles. The number of ether oxygens (including phenoxy) is 1. The van der Waals surface area contributed by atoms with Gasteiger partial charge in [-0.25, -0.2) is 0 Å². The molecule has 2 fully saturated rings. The molecule has 1 unspecified atom stereocenters. The summed E-state index contributed by atoms with van der Waals surface area (Å²) in [5, 5.41) is 6.44. The maximum atomic E-state index is 12.0. The first kappa shape index (κ1) is 18.0. The fraction of sp³-hybridized carbons (Fsp3) is 0.882. The highest BCUT2D eigenvalue weighted by Crippen LogP contribution is 2.17. The molecule has 1 amide bonds. The van der Waals surface area contributed by atoms with Crippen molar-refractivity contribution in [2.75, 3.05) is 40.4 Å². The van der Waals surface area contributed by atoms with Crippen molar-refractivity contribution in [2.45, 2.75) is 51.0 Å². The third-order valence-electron chi connectivity index (χ3n) is 4.73. The number of guanidine groups is 1. The Bertz CT molecular complexity index is 388. The van der Waals surface area contributed by atoms with E-state index < -0.39 is 0 Å². The number of rotatable bonds is 6. The van der Waals surface area contributed by atoms with Gasteiger partial charge in [-0.2, -0.15) is 0 Å². The summed E-state index contributed by atoms with van der Waals surface area (Å²) in [5.74, 6) is 1.57. The van der Waals surface area contributed by atoms with E-state index in [-0.39, 0.29) is 5.91 Å². The number of nitrogens with zero attached hydrogens (tertiary/aromatic N) is 2. The van der Waals surface area contributed by atoms with Crippen molar-refractivity contribution < 1.29 is 9.53 Å². The first-order chi connectivity index (χ1) is 11.2. The van der Waals surface area contributed by atoms with Crippen LogP contribution in [-0.4, -0.2) is 63.2 Å². The van der Waals surface area contributed by atoms with E-state index in [1.54, 1.807) is 7.05 Å².